The highest BCUT2D eigenvalue weighted by Gasteiger charge is 2.27. The minimum Gasteiger partial charge on any atom is -0.506 e. The largest absolute Gasteiger partial charge is 0.506 e. The molecular formula is C24H28BrClN4O3S. The third kappa shape index (κ3) is 5.36. The van der Waals surface area contributed by atoms with Crippen LogP contribution >= 0.6 is 40.1 Å². The third-order valence-corrected chi connectivity index (χ3v) is 6.95. The van der Waals surface area contributed by atoms with Gasteiger partial charge in [0.1, 0.15) is 16.8 Å². The summed E-state index contributed by atoms with van der Waals surface area (Å²) in [6, 6.07) is 5.95. The first kappa shape index (κ1) is 28.0. The Kier molecular flexibility index (Phi) is 9.43. The monoisotopic (exact) mass is 566 g/mol. The van der Waals surface area contributed by atoms with E-state index in [1.165, 1.54) is 11.8 Å². The zero-order valence-electron chi connectivity index (χ0n) is 20.0. The molecule has 2 heterocycles. The molecule has 0 bridgehead atoms. The van der Waals surface area contributed by atoms with Crippen molar-refractivity contribution in [1.29, 1.82) is 5.26 Å². The van der Waals surface area contributed by atoms with Crippen molar-refractivity contribution < 1.29 is 14.6 Å². The molecule has 0 atom stereocenters. The molecule has 10 heteroatoms. The second kappa shape index (κ2) is 11.5. The van der Waals surface area contributed by atoms with Gasteiger partial charge in [-0.05, 0) is 68.5 Å². The van der Waals surface area contributed by atoms with Gasteiger partial charge in [-0.15, -0.1) is 12.4 Å². The van der Waals surface area contributed by atoms with Crippen LogP contribution in [0.15, 0.2) is 21.6 Å². The van der Waals surface area contributed by atoms with Crippen LogP contribution in [-0.2, 0) is 24.1 Å². The normalized spacial score (nSPS) is 10.9. The van der Waals surface area contributed by atoms with Crippen LogP contribution in [0, 0.1) is 25.2 Å². The number of thioether (sulfide) groups is 1. The van der Waals surface area contributed by atoms with Crippen LogP contribution in [0.3, 0.4) is 0 Å². The Balaban J connectivity index is 0.00000408. The van der Waals surface area contributed by atoms with Crippen LogP contribution in [0.1, 0.15) is 45.4 Å². The van der Waals surface area contributed by atoms with Crippen LogP contribution in [-0.4, -0.2) is 46.2 Å². The fraction of sp³-hybridized carbons (Fsp3) is 0.375. The van der Waals surface area contributed by atoms with E-state index in [-0.39, 0.29) is 24.8 Å². The number of fused-ring (bicyclic) bond motifs is 1. The van der Waals surface area contributed by atoms with E-state index in [2.05, 4.69) is 27.0 Å². The Bertz CT molecular complexity index is 1280. The summed E-state index contributed by atoms with van der Waals surface area (Å²) in [6.45, 7) is 6.25. The number of ether oxygens (including phenoxy) is 1. The average Bonchev–Trinajstić information content (AvgIpc) is 3.01. The standard InChI is InChI=1S/C24H27BrN4O3S.ClH/c1-7-32-24(31)21-19(12-33-23-15(10-26)13(2)8-14(3)27-23)29(6)18-9-17(25)22(30)16(20(18)21)11-28(4)5;/h8-9,30H,7,11-12H2,1-6H3;1H. The van der Waals surface area contributed by atoms with Gasteiger partial charge in [0.2, 0.25) is 0 Å². The van der Waals surface area contributed by atoms with Gasteiger partial charge in [0.15, 0.2) is 0 Å². The first-order valence-corrected chi connectivity index (χ1v) is 12.2. The summed E-state index contributed by atoms with van der Waals surface area (Å²) in [7, 11) is 5.71. The smallest absolute Gasteiger partial charge is 0.340 e. The molecule has 0 fully saturated rings. The van der Waals surface area contributed by atoms with E-state index in [1.807, 2.05) is 56.6 Å². The minimum absolute atomic E-state index is 0. The van der Waals surface area contributed by atoms with Crippen LogP contribution < -0.4 is 0 Å². The maximum Gasteiger partial charge on any atom is 0.340 e. The number of halogens is 2. The third-order valence-electron chi connectivity index (χ3n) is 5.36. The molecule has 7 nitrogen and oxygen atoms in total. The molecule has 0 saturated carbocycles. The highest BCUT2D eigenvalue weighted by Crippen LogP contribution is 2.41. The van der Waals surface area contributed by atoms with Gasteiger partial charge in [0.05, 0.1) is 27.7 Å². The van der Waals surface area contributed by atoms with Gasteiger partial charge in [-0.2, -0.15) is 5.26 Å². The first-order valence-electron chi connectivity index (χ1n) is 10.4. The Hall–Kier alpha value is -2.25. The molecular weight excluding hydrogens is 540 g/mol. The molecule has 0 aliphatic rings. The topological polar surface area (TPSA) is 91.4 Å². The van der Waals surface area contributed by atoms with Crippen molar-refractivity contribution in [2.45, 2.75) is 38.1 Å². The van der Waals surface area contributed by atoms with Gasteiger partial charge >= 0.3 is 5.97 Å². The lowest BCUT2D eigenvalue weighted by atomic mass is 10.0. The van der Waals surface area contributed by atoms with E-state index in [1.54, 1.807) is 6.92 Å². The number of rotatable bonds is 7. The molecule has 34 heavy (non-hydrogen) atoms. The lowest BCUT2D eigenvalue weighted by Crippen LogP contribution is -2.13. The van der Waals surface area contributed by atoms with Crippen molar-refractivity contribution >= 4 is 57.0 Å². The maximum absolute atomic E-state index is 13.1. The second-order valence-corrected chi connectivity index (χ2v) is 9.90. The van der Waals surface area contributed by atoms with Crippen LogP contribution in [0.4, 0.5) is 0 Å². The summed E-state index contributed by atoms with van der Waals surface area (Å²) < 4.78 is 7.93. The molecule has 3 aromatic rings. The molecule has 0 radical (unpaired) electrons. The fourth-order valence-electron chi connectivity index (χ4n) is 3.92. The SMILES string of the molecule is CCOC(=O)c1c(CSc2nc(C)cc(C)c2C#N)n(C)c2cc(Br)c(O)c(CN(C)C)c12.Cl. The number of hydrogen-bond donors (Lipinski definition) is 1. The summed E-state index contributed by atoms with van der Waals surface area (Å²) in [6.07, 6.45) is 0. The zero-order valence-corrected chi connectivity index (χ0v) is 23.2. The predicted octanol–water partition coefficient (Wildman–Crippen LogP) is 5.48. The van der Waals surface area contributed by atoms with Crippen molar-refractivity contribution in [2.75, 3.05) is 20.7 Å². The fourth-order valence-corrected chi connectivity index (χ4v) is 5.55. The number of nitrogens with zero attached hydrogens (tertiary/aromatic N) is 4. The van der Waals surface area contributed by atoms with E-state index in [0.717, 1.165) is 22.5 Å². The number of benzene rings is 1. The summed E-state index contributed by atoms with van der Waals surface area (Å²) in [5, 5.41) is 21.8. The van der Waals surface area contributed by atoms with Crippen molar-refractivity contribution in [2.24, 2.45) is 7.05 Å². The number of esters is 1. The number of phenolic OH excluding ortho intramolecular Hbond substituents is 1. The summed E-state index contributed by atoms with van der Waals surface area (Å²) in [4.78, 5) is 19.7. The van der Waals surface area contributed by atoms with Crippen molar-refractivity contribution in [3.63, 3.8) is 0 Å². The quantitative estimate of drug-likeness (QED) is 0.298. The van der Waals surface area contributed by atoms with Crippen LogP contribution in [0.25, 0.3) is 10.9 Å². The number of hydrogen-bond acceptors (Lipinski definition) is 7. The minimum atomic E-state index is -0.436. The van der Waals surface area contributed by atoms with Gasteiger partial charge in [-0.1, -0.05) is 11.8 Å². The number of nitriles is 1. The van der Waals surface area contributed by atoms with Crippen molar-refractivity contribution in [3.8, 4) is 11.8 Å². The highest BCUT2D eigenvalue weighted by atomic mass is 79.9. The predicted molar refractivity (Wildman–Crippen MR) is 141 cm³/mol. The lowest BCUT2D eigenvalue weighted by molar-refractivity contribution is 0.0527. The van der Waals surface area contributed by atoms with E-state index in [9.17, 15) is 15.2 Å². The lowest BCUT2D eigenvalue weighted by Gasteiger charge is -2.15. The van der Waals surface area contributed by atoms with E-state index < -0.39 is 5.97 Å². The van der Waals surface area contributed by atoms with Gasteiger partial charge in [0, 0.05) is 41.7 Å². The van der Waals surface area contributed by atoms with E-state index in [4.69, 9.17) is 4.74 Å². The summed E-state index contributed by atoms with van der Waals surface area (Å²) in [5.41, 5.74) is 4.89. The van der Waals surface area contributed by atoms with Crippen molar-refractivity contribution in [3.05, 3.63) is 50.2 Å². The molecule has 0 saturated heterocycles. The molecule has 0 unspecified atom stereocenters. The Morgan fingerprint density at radius 1 is 1.35 bits per heavy atom. The highest BCUT2D eigenvalue weighted by molar-refractivity contribution is 9.10. The van der Waals surface area contributed by atoms with E-state index in [0.29, 0.717) is 43.9 Å². The number of phenols is 1. The van der Waals surface area contributed by atoms with E-state index >= 15 is 0 Å². The van der Waals surface area contributed by atoms with Gasteiger partial charge in [-0.3, -0.25) is 0 Å². The molecule has 0 aliphatic heterocycles. The molecule has 0 spiro atoms. The molecule has 1 N–H and O–H groups in total. The Morgan fingerprint density at radius 2 is 2.03 bits per heavy atom. The Labute approximate surface area is 218 Å². The molecule has 2 aromatic heterocycles. The molecule has 182 valence electrons. The number of pyridine rings is 1. The number of carbonyl (C=O) groups is 1. The second-order valence-electron chi connectivity index (χ2n) is 8.08. The van der Waals surface area contributed by atoms with Crippen LogP contribution in [0.5, 0.6) is 5.75 Å². The number of aromatic nitrogens is 2. The van der Waals surface area contributed by atoms with Crippen LogP contribution in [0.2, 0.25) is 0 Å². The van der Waals surface area contributed by atoms with Gasteiger partial charge in [0.25, 0.3) is 0 Å². The average molecular weight is 568 g/mol. The summed E-state index contributed by atoms with van der Waals surface area (Å²) in [5.74, 6) is 0.0764. The number of aromatic hydroxyl groups is 1. The summed E-state index contributed by atoms with van der Waals surface area (Å²) >= 11 is 4.87. The first-order chi connectivity index (χ1) is 15.6. The Morgan fingerprint density at radius 3 is 2.62 bits per heavy atom. The number of aryl methyl sites for hydroxylation is 3. The molecule has 1 aromatic carbocycles. The maximum atomic E-state index is 13.1. The molecule has 0 aliphatic carbocycles. The van der Waals surface area contributed by atoms with Gasteiger partial charge in [-0.25, -0.2) is 9.78 Å². The van der Waals surface area contributed by atoms with Crippen molar-refractivity contribution in [1.82, 2.24) is 14.5 Å². The molecule has 0 amide bonds. The molecule has 3 rings (SSSR count). The number of carbonyl (C=O) groups excluding carboxylic acids is 1. The zero-order chi connectivity index (χ0) is 24.4. The van der Waals surface area contributed by atoms with Gasteiger partial charge < -0.3 is 19.3 Å².